The summed E-state index contributed by atoms with van der Waals surface area (Å²) in [5.74, 6) is 0.0295. The van der Waals surface area contributed by atoms with Crippen molar-refractivity contribution >= 4 is 11.8 Å². The van der Waals surface area contributed by atoms with Crippen molar-refractivity contribution < 1.29 is 18.7 Å². The van der Waals surface area contributed by atoms with E-state index in [-0.39, 0.29) is 18.9 Å². The molecular weight excluding hydrogens is 353 g/mol. The summed E-state index contributed by atoms with van der Waals surface area (Å²) in [5.41, 5.74) is 1.34. The Morgan fingerprint density at radius 3 is 2.85 bits per heavy atom. The summed E-state index contributed by atoms with van der Waals surface area (Å²) in [6, 6.07) is 13.9. The number of anilines is 1. The Balaban J connectivity index is 1.41. The van der Waals surface area contributed by atoms with Crippen molar-refractivity contribution in [1.29, 1.82) is 0 Å². The zero-order valence-electron chi connectivity index (χ0n) is 14.2. The third-order valence-electron chi connectivity index (χ3n) is 4.14. The summed E-state index contributed by atoms with van der Waals surface area (Å²) in [6.07, 6.45) is -0.632. The Kier molecular flexibility index (Phi) is 4.65. The van der Waals surface area contributed by atoms with Crippen LogP contribution >= 0.6 is 0 Å². The monoisotopic (exact) mass is 369 g/mol. The van der Waals surface area contributed by atoms with Gasteiger partial charge in [0.25, 0.3) is 0 Å². The predicted molar refractivity (Wildman–Crippen MR) is 92.7 cm³/mol. The number of benzene rings is 2. The van der Waals surface area contributed by atoms with Crippen molar-refractivity contribution in [3.05, 3.63) is 65.7 Å². The number of cyclic esters (lactones) is 1. The van der Waals surface area contributed by atoms with Crippen molar-refractivity contribution in [2.24, 2.45) is 0 Å². The van der Waals surface area contributed by atoms with E-state index in [2.05, 4.69) is 20.6 Å². The topological polar surface area (TPSA) is 93.2 Å². The Labute approximate surface area is 153 Å². The molecule has 0 radical (unpaired) electrons. The molecule has 1 N–H and O–H groups in total. The van der Waals surface area contributed by atoms with Gasteiger partial charge in [-0.2, -0.15) is 5.21 Å². The number of aromatic amines is 1. The first-order valence-corrected chi connectivity index (χ1v) is 8.36. The Bertz CT molecular complexity index is 920. The number of nitrogens with one attached hydrogen (secondary N) is 1. The zero-order chi connectivity index (χ0) is 18.6. The van der Waals surface area contributed by atoms with Crippen molar-refractivity contribution in [1.82, 2.24) is 20.6 Å². The number of amides is 1. The van der Waals surface area contributed by atoms with Gasteiger partial charge in [-0.25, -0.2) is 9.18 Å². The number of carbonyl (C=O) groups is 1. The molecule has 1 fully saturated rings. The minimum Gasteiger partial charge on any atom is -0.486 e. The van der Waals surface area contributed by atoms with Gasteiger partial charge in [-0.05, 0) is 17.7 Å². The van der Waals surface area contributed by atoms with Gasteiger partial charge in [-0.1, -0.05) is 35.5 Å². The number of aromatic nitrogens is 4. The molecule has 1 amide bonds. The normalized spacial score (nSPS) is 16.4. The third-order valence-corrected chi connectivity index (χ3v) is 4.14. The molecule has 1 aliphatic rings. The second-order valence-electron chi connectivity index (χ2n) is 6.04. The molecule has 138 valence electrons. The number of carbonyl (C=O) groups excluding carboxylic acids is 1. The standard InChI is InChI=1S/C18H16FN5O3/c19-15-8-13(6-7-16(15)26-11-12-4-2-1-3-5-12)24-10-14(27-18(24)25)9-17-20-22-23-21-17/h1-8,14H,9-11H2,(H,20,21,22,23)/t14-/m1/s1. The smallest absolute Gasteiger partial charge is 0.414 e. The quantitative estimate of drug-likeness (QED) is 0.718. The molecule has 9 heteroatoms. The van der Waals surface area contributed by atoms with Crippen molar-refractivity contribution in [3.63, 3.8) is 0 Å². The summed E-state index contributed by atoms with van der Waals surface area (Å²) in [4.78, 5) is 13.5. The van der Waals surface area contributed by atoms with Crippen LogP contribution in [-0.2, 0) is 17.8 Å². The molecule has 0 unspecified atom stereocenters. The van der Waals surface area contributed by atoms with E-state index in [4.69, 9.17) is 9.47 Å². The maximum atomic E-state index is 14.4. The zero-order valence-corrected chi connectivity index (χ0v) is 14.2. The lowest BCUT2D eigenvalue weighted by Crippen LogP contribution is -2.25. The van der Waals surface area contributed by atoms with E-state index in [0.717, 1.165) is 5.56 Å². The van der Waals surface area contributed by atoms with Gasteiger partial charge in [-0.15, -0.1) is 10.2 Å². The maximum Gasteiger partial charge on any atom is 0.414 e. The average molecular weight is 369 g/mol. The number of halogens is 1. The minimum absolute atomic E-state index is 0.124. The maximum absolute atomic E-state index is 14.4. The fraction of sp³-hybridized carbons (Fsp3) is 0.222. The molecule has 0 spiro atoms. The van der Waals surface area contributed by atoms with E-state index in [1.807, 2.05) is 30.3 Å². The summed E-state index contributed by atoms with van der Waals surface area (Å²) < 4.78 is 25.2. The van der Waals surface area contributed by atoms with Gasteiger partial charge in [0.2, 0.25) is 0 Å². The van der Waals surface area contributed by atoms with Crippen LogP contribution in [0.2, 0.25) is 0 Å². The van der Waals surface area contributed by atoms with Gasteiger partial charge >= 0.3 is 6.09 Å². The molecule has 1 aliphatic heterocycles. The molecule has 1 atom stereocenters. The number of tetrazole rings is 1. The molecule has 8 nitrogen and oxygen atoms in total. The summed E-state index contributed by atoms with van der Waals surface area (Å²) >= 11 is 0. The van der Waals surface area contributed by atoms with E-state index < -0.39 is 18.0 Å². The SMILES string of the molecule is O=C1O[C@H](Cc2nn[nH]n2)CN1c1ccc(OCc2ccccc2)c(F)c1. The number of rotatable bonds is 6. The Hall–Kier alpha value is -3.49. The highest BCUT2D eigenvalue weighted by Crippen LogP contribution is 2.28. The largest absolute Gasteiger partial charge is 0.486 e. The molecule has 4 rings (SSSR count). The van der Waals surface area contributed by atoms with Gasteiger partial charge < -0.3 is 9.47 Å². The van der Waals surface area contributed by atoms with Gasteiger partial charge in [0, 0.05) is 6.07 Å². The first-order chi connectivity index (χ1) is 13.2. The van der Waals surface area contributed by atoms with E-state index >= 15 is 0 Å². The number of H-pyrrole nitrogens is 1. The highest BCUT2D eigenvalue weighted by Gasteiger charge is 2.33. The molecule has 2 heterocycles. The molecule has 1 aromatic heterocycles. The highest BCUT2D eigenvalue weighted by atomic mass is 19.1. The molecule has 2 aromatic carbocycles. The minimum atomic E-state index is -0.544. The van der Waals surface area contributed by atoms with Crippen molar-refractivity contribution in [3.8, 4) is 5.75 Å². The van der Waals surface area contributed by atoms with E-state index in [9.17, 15) is 9.18 Å². The predicted octanol–water partition coefficient (Wildman–Crippen LogP) is 2.49. The van der Waals surface area contributed by atoms with Gasteiger partial charge in [0.05, 0.1) is 18.7 Å². The summed E-state index contributed by atoms with van der Waals surface area (Å²) in [7, 11) is 0. The molecule has 0 bridgehead atoms. The van der Waals surface area contributed by atoms with Crippen LogP contribution in [0.5, 0.6) is 5.75 Å². The molecule has 0 saturated carbocycles. The van der Waals surface area contributed by atoms with Crippen LogP contribution in [0, 0.1) is 5.82 Å². The number of hydrogen-bond acceptors (Lipinski definition) is 6. The second-order valence-corrected chi connectivity index (χ2v) is 6.04. The summed E-state index contributed by atoms with van der Waals surface area (Å²) in [6.45, 7) is 0.534. The van der Waals surface area contributed by atoms with Crippen LogP contribution in [0.1, 0.15) is 11.4 Å². The first-order valence-electron chi connectivity index (χ1n) is 8.36. The van der Waals surface area contributed by atoms with Crippen LogP contribution in [0.25, 0.3) is 0 Å². The van der Waals surface area contributed by atoms with E-state index in [1.54, 1.807) is 6.07 Å². The molecule has 3 aromatic rings. The lowest BCUT2D eigenvalue weighted by Gasteiger charge is -2.14. The highest BCUT2D eigenvalue weighted by molar-refractivity contribution is 5.89. The van der Waals surface area contributed by atoms with Crippen LogP contribution < -0.4 is 9.64 Å². The van der Waals surface area contributed by atoms with E-state index in [1.165, 1.54) is 17.0 Å². The van der Waals surface area contributed by atoms with Gasteiger partial charge in [-0.3, -0.25) is 4.90 Å². The molecule has 1 saturated heterocycles. The molecular formula is C18H16FN5O3. The van der Waals surface area contributed by atoms with Gasteiger partial charge in [0.1, 0.15) is 12.7 Å². The molecule has 27 heavy (non-hydrogen) atoms. The van der Waals surface area contributed by atoms with Crippen molar-refractivity contribution in [2.45, 2.75) is 19.1 Å². The first kappa shape index (κ1) is 17.0. The van der Waals surface area contributed by atoms with Crippen molar-refractivity contribution in [2.75, 3.05) is 11.4 Å². The van der Waals surface area contributed by atoms with E-state index in [0.29, 0.717) is 17.9 Å². The van der Waals surface area contributed by atoms with Gasteiger partial charge in [0.15, 0.2) is 17.4 Å². The van der Waals surface area contributed by atoms with Crippen LogP contribution in [0.15, 0.2) is 48.5 Å². The lowest BCUT2D eigenvalue weighted by atomic mass is 10.2. The van der Waals surface area contributed by atoms with Crippen LogP contribution in [0.3, 0.4) is 0 Å². The fourth-order valence-corrected chi connectivity index (χ4v) is 2.82. The van der Waals surface area contributed by atoms with Crippen LogP contribution in [0.4, 0.5) is 14.9 Å². The lowest BCUT2D eigenvalue weighted by molar-refractivity contribution is 0.140. The number of hydrogen-bond donors (Lipinski definition) is 1. The average Bonchev–Trinajstić information content (AvgIpc) is 3.31. The second kappa shape index (κ2) is 7.40. The fourth-order valence-electron chi connectivity index (χ4n) is 2.82. The Morgan fingerprint density at radius 1 is 1.26 bits per heavy atom. The number of nitrogens with zero attached hydrogens (tertiary/aromatic N) is 4. The number of ether oxygens (including phenoxy) is 2. The Morgan fingerprint density at radius 2 is 2.11 bits per heavy atom. The third kappa shape index (κ3) is 3.86. The molecule has 0 aliphatic carbocycles. The summed E-state index contributed by atoms with van der Waals surface area (Å²) in [5, 5.41) is 13.5. The van der Waals surface area contributed by atoms with Crippen LogP contribution in [-0.4, -0.2) is 39.4 Å².